The van der Waals surface area contributed by atoms with E-state index in [4.69, 9.17) is 0 Å². The Hall–Kier alpha value is -1.54. The van der Waals surface area contributed by atoms with Crippen LogP contribution in [0.15, 0.2) is 43.1 Å². The van der Waals surface area contributed by atoms with Gasteiger partial charge in [-0.05, 0) is 44.4 Å². The Bertz CT molecular complexity index is 600. The molecule has 2 nitrogen and oxygen atoms in total. The lowest BCUT2D eigenvalue weighted by atomic mass is 9.78. The number of allylic oxidation sites excluding steroid dienone is 1. The smallest absolute Gasteiger partial charge is 0.0699 e. The first-order valence-electron chi connectivity index (χ1n) is 8.98. The van der Waals surface area contributed by atoms with E-state index in [-0.39, 0.29) is 11.6 Å². The maximum atomic E-state index is 10.9. The summed E-state index contributed by atoms with van der Waals surface area (Å²) in [5.41, 5.74) is 3.57. The Balaban J connectivity index is 1.93. The van der Waals surface area contributed by atoms with Crippen molar-refractivity contribution in [3.05, 3.63) is 54.2 Å². The van der Waals surface area contributed by atoms with Gasteiger partial charge in [0.15, 0.2) is 0 Å². The van der Waals surface area contributed by atoms with Gasteiger partial charge >= 0.3 is 0 Å². The fourth-order valence-electron chi connectivity index (χ4n) is 4.60. The highest BCUT2D eigenvalue weighted by Crippen LogP contribution is 2.49. The fourth-order valence-corrected chi connectivity index (χ4v) is 4.60. The molecule has 1 aromatic carbocycles. The molecule has 1 heterocycles. The summed E-state index contributed by atoms with van der Waals surface area (Å²) in [5, 5.41) is 10.9. The minimum absolute atomic E-state index is 0.211. The van der Waals surface area contributed by atoms with E-state index in [0.29, 0.717) is 5.92 Å². The van der Waals surface area contributed by atoms with Crippen molar-refractivity contribution < 1.29 is 5.11 Å². The molecule has 124 valence electrons. The summed E-state index contributed by atoms with van der Waals surface area (Å²) in [4.78, 5) is 2.25. The highest BCUT2D eigenvalue weighted by molar-refractivity contribution is 5.74. The molecule has 23 heavy (non-hydrogen) atoms. The SMILES string of the molecule is C=CN1/C(=C\C)c2ccccc2C1(C)CC(O)C1CCCCC1. The fraction of sp³-hybridized carbons (Fsp3) is 0.524. The third-order valence-corrected chi connectivity index (χ3v) is 5.83. The molecule has 2 unspecified atom stereocenters. The molecule has 1 aliphatic carbocycles. The zero-order chi connectivity index (χ0) is 16.4. The van der Waals surface area contributed by atoms with Crippen LogP contribution in [0.25, 0.3) is 5.70 Å². The van der Waals surface area contributed by atoms with Crippen LogP contribution in [0.4, 0.5) is 0 Å². The molecular weight excluding hydrogens is 282 g/mol. The maximum Gasteiger partial charge on any atom is 0.0699 e. The van der Waals surface area contributed by atoms with Crippen LogP contribution in [-0.2, 0) is 5.54 Å². The van der Waals surface area contributed by atoms with E-state index in [1.807, 2.05) is 6.20 Å². The number of rotatable bonds is 4. The van der Waals surface area contributed by atoms with E-state index in [1.54, 1.807) is 0 Å². The molecule has 0 spiro atoms. The van der Waals surface area contributed by atoms with Gasteiger partial charge in [-0.25, -0.2) is 0 Å². The number of aliphatic hydroxyl groups is 1. The molecule has 1 aromatic rings. The van der Waals surface area contributed by atoms with Gasteiger partial charge in [0.25, 0.3) is 0 Å². The van der Waals surface area contributed by atoms with Crippen LogP contribution in [0.2, 0.25) is 0 Å². The second kappa shape index (κ2) is 6.52. The highest BCUT2D eigenvalue weighted by Gasteiger charge is 2.44. The normalized spacial score (nSPS) is 28.0. The Kier molecular flexibility index (Phi) is 4.63. The highest BCUT2D eigenvalue weighted by atomic mass is 16.3. The van der Waals surface area contributed by atoms with E-state index in [1.165, 1.54) is 48.9 Å². The molecule has 0 aromatic heterocycles. The van der Waals surface area contributed by atoms with E-state index in [9.17, 15) is 5.11 Å². The molecule has 0 radical (unpaired) electrons. The average Bonchev–Trinajstić information content (AvgIpc) is 2.83. The molecule has 2 atom stereocenters. The van der Waals surface area contributed by atoms with Crippen LogP contribution in [0, 0.1) is 5.92 Å². The van der Waals surface area contributed by atoms with Gasteiger partial charge in [-0.3, -0.25) is 0 Å². The minimum Gasteiger partial charge on any atom is -0.393 e. The monoisotopic (exact) mass is 311 g/mol. The van der Waals surface area contributed by atoms with Crippen molar-refractivity contribution in [2.45, 2.75) is 64.0 Å². The van der Waals surface area contributed by atoms with Crippen LogP contribution in [-0.4, -0.2) is 16.1 Å². The number of fused-ring (bicyclic) bond motifs is 1. The summed E-state index contributed by atoms with van der Waals surface area (Å²) < 4.78 is 0. The first-order valence-corrected chi connectivity index (χ1v) is 8.98. The van der Waals surface area contributed by atoms with Gasteiger partial charge in [0.1, 0.15) is 0 Å². The van der Waals surface area contributed by atoms with Crippen molar-refractivity contribution in [1.29, 1.82) is 0 Å². The standard InChI is InChI=1S/C21H29NO/c1-4-19-17-13-9-10-14-18(17)21(3,22(19)5-2)15-20(23)16-11-7-6-8-12-16/h4-5,9-10,13-14,16,20,23H,2,6-8,11-12,15H2,1,3H3/b19-4-. The van der Waals surface area contributed by atoms with Gasteiger partial charge in [-0.15, -0.1) is 0 Å². The second-order valence-electron chi connectivity index (χ2n) is 7.22. The first-order chi connectivity index (χ1) is 11.1. The third-order valence-electron chi connectivity index (χ3n) is 5.83. The summed E-state index contributed by atoms with van der Waals surface area (Å²) in [6.45, 7) is 8.36. The van der Waals surface area contributed by atoms with Crippen molar-refractivity contribution in [2.75, 3.05) is 0 Å². The van der Waals surface area contributed by atoms with Crippen molar-refractivity contribution in [2.24, 2.45) is 5.92 Å². The molecule has 0 amide bonds. The molecule has 2 heteroatoms. The van der Waals surface area contributed by atoms with Gasteiger partial charge in [0.05, 0.1) is 11.6 Å². The van der Waals surface area contributed by atoms with Crippen LogP contribution >= 0.6 is 0 Å². The van der Waals surface area contributed by atoms with Gasteiger partial charge in [0.2, 0.25) is 0 Å². The zero-order valence-corrected chi connectivity index (χ0v) is 14.5. The largest absolute Gasteiger partial charge is 0.393 e. The summed E-state index contributed by atoms with van der Waals surface area (Å²) in [6.07, 6.45) is 10.8. The number of aliphatic hydroxyl groups excluding tert-OH is 1. The first kappa shape index (κ1) is 16.3. The van der Waals surface area contributed by atoms with Crippen molar-refractivity contribution in [1.82, 2.24) is 4.90 Å². The lowest BCUT2D eigenvalue weighted by Gasteiger charge is -2.39. The van der Waals surface area contributed by atoms with Gasteiger partial charge in [-0.1, -0.05) is 56.2 Å². The molecule has 0 bridgehead atoms. The predicted octanol–water partition coefficient (Wildman–Crippen LogP) is 5.05. The number of hydrogen-bond acceptors (Lipinski definition) is 2. The molecule has 1 saturated carbocycles. The summed E-state index contributed by atoms with van der Waals surface area (Å²) in [5.74, 6) is 0.453. The quantitative estimate of drug-likeness (QED) is 0.841. The number of hydrogen-bond donors (Lipinski definition) is 1. The van der Waals surface area contributed by atoms with Crippen LogP contribution in [0.5, 0.6) is 0 Å². The Morgan fingerprint density at radius 2 is 2.00 bits per heavy atom. The Morgan fingerprint density at radius 3 is 2.65 bits per heavy atom. The van der Waals surface area contributed by atoms with Crippen molar-refractivity contribution >= 4 is 5.70 Å². The van der Waals surface area contributed by atoms with Gasteiger partial charge in [-0.2, -0.15) is 0 Å². The van der Waals surface area contributed by atoms with Gasteiger partial charge in [0, 0.05) is 17.7 Å². The third kappa shape index (κ3) is 2.74. The number of nitrogens with zero attached hydrogens (tertiary/aromatic N) is 1. The zero-order valence-electron chi connectivity index (χ0n) is 14.5. The molecule has 1 N–H and O–H groups in total. The molecule has 0 saturated heterocycles. The lowest BCUT2D eigenvalue weighted by Crippen LogP contribution is -2.39. The van der Waals surface area contributed by atoms with Crippen LogP contribution in [0.1, 0.15) is 63.5 Å². The van der Waals surface area contributed by atoms with Crippen LogP contribution < -0.4 is 0 Å². The molecule has 1 fully saturated rings. The maximum absolute atomic E-state index is 10.9. The molecule has 3 rings (SSSR count). The van der Waals surface area contributed by atoms with E-state index < -0.39 is 0 Å². The van der Waals surface area contributed by atoms with Crippen molar-refractivity contribution in [3.63, 3.8) is 0 Å². The molecule has 1 aliphatic heterocycles. The van der Waals surface area contributed by atoms with E-state index in [0.717, 1.165) is 6.42 Å². The van der Waals surface area contributed by atoms with E-state index >= 15 is 0 Å². The summed E-state index contributed by atoms with van der Waals surface area (Å²) >= 11 is 0. The second-order valence-corrected chi connectivity index (χ2v) is 7.22. The molecular formula is C21H29NO. The predicted molar refractivity (Wildman–Crippen MR) is 96.7 cm³/mol. The summed E-state index contributed by atoms with van der Waals surface area (Å²) in [6, 6.07) is 8.58. The Morgan fingerprint density at radius 1 is 1.30 bits per heavy atom. The molecule has 2 aliphatic rings. The van der Waals surface area contributed by atoms with Gasteiger partial charge < -0.3 is 10.0 Å². The number of benzene rings is 1. The van der Waals surface area contributed by atoms with Crippen LogP contribution in [0.3, 0.4) is 0 Å². The van der Waals surface area contributed by atoms with Crippen molar-refractivity contribution in [3.8, 4) is 0 Å². The average molecular weight is 311 g/mol. The summed E-state index contributed by atoms with van der Waals surface area (Å²) in [7, 11) is 0. The lowest BCUT2D eigenvalue weighted by molar-refractivity contribution is 0.0378. The Labute approximate surface area is 140 Å². The topological polar surface area (TPSA) is 23.5 Å². The van der Waals surface area contributed by atoms with E-state index in [2.05, 4.69) is 55.7 Å². The minimum atomic E-state index is -0.244.